The second kappa shape index (κ2) is 5.47. The zero-order chi connectivity index (χ0) is 16.8. The quantitative estimate of drug-likeness (QED) is 0.937. The third-order valence-electron chi connectivity index (χ3n) is 4.77. The molecule has 1 N–H and O–H groups in total. The number of benzene rings is 1. The van der Waals surface area contributed by atoms with Crippen molar-refractivity contribution in [3.8, 4) is 0 Å². The number of carboxylic acid groups (broad SMARTS) is 1. The standard InChI is InChI=1S/C18H19N3O3/c1-2-21-10-15(16(19-21)11-3-4-11)17(22)20-8-13-6-5-12(18(23)24)7-14(13)9-20/h5-7,10-11H,2-4,8-9H2,1H3,(H,23,24). The van der Waals surface area contributed by atoms with Gasteiger partial charge < -0.3 is 10.0 Å². The number of hydrogen-bond donors (Lipinski definition) is 1. The highest BCUT2D eigenvalue weighted by atomic mass is 16.4. The monoisotopic (exact) mass is 325 g/mol. The Labute approximate surface area is 139 Å². The van der Waals surface area contributed by atoms with Gasteiger partial charge in [-0.15, -0.1) is 0 Å². The van der Waals surface area contributed by atoms with Gasteiger partial charge in [0.1, 0.15) is 0 Å². The lowest BCUT2D eigenvalue weighted by Crippen LogP contribution is -2.25. The van der Waals surface area contributed by atoms with Crippen molar-refractivity contribution in [1.29, 1.82) is 0 Å². The largest absolute Gasteiger partial charge is 0.478 e. The molecule has 0 saturated heterocycles. The molecule has 1 aromatic heterocycles. The Bertz CT molecular complexity index is 836. The summed E-state index contributed by atoms with van der Waals surface area (Å²) in [6.45, 7) is 3.73. The molecule has 1 aromatic carbocycles. The highest BCUT2D eigenvalue weighted by Gasteiger charge is 2.34. The van der Waals surface area contributed by atoms with Crippen LogP contribution in [0.3, 0.4) is 0 Å². The molecule has 2 aliphatic rings. The number of rotatable bonds is 4. The van der Waals surface area contributed by atoms with Crippen LogP contribution in [0.5, 0.6) is 0 Å². The number of carbonyl (C=O) groups is 2. The Morgan fingerprint density at radius 1 is 1.25 bits per heavy atom. The second-order valence-corrected chi connectivity index (χ2v) is 6.51. The van der Waals surface area contributed by atoms with E-state index in [0.717, 1.165) is 36.2 Å². The summed E-state index contributed by atoms with van der Waals surface area (Å²) in [5.74, 6) is -0.534. The molecule has 6 heteroatoms. The first-order valence-corrected chi connectivity index (χ1v) is 8.28. The van der Waals surface area contributed by atoms with Crippen LogP contribution < -0.4 is 0 Å². The topological polar surface area (TPSA) is 75.4 Å². The normalized spacial score (nSPS) is 16.3. The highest BCUT2D eigenvalue weighted by molar-refractivity contribution is 5.96. The van der Waals surface area contributed by atoms with Gasteiger partial charge in [0.25, 0.3) is 5.91 Å². The molecule has 0 bridgehead atoms. The van der Waals surface area contributed by atoms with Gasteiger partial charge in [-0.25, -0.2) is 4.79 Å². The first kappa shape index (κ1) is 14.9. The van der Waals surface area contributed by atoms with E-state index in [1.165, 1.54) is 0 Å². The van der Waals surface area contributed by atoms with E-state index in [2.05, 4.69) is 5.10 Å². The number of carbonyl (C=O) groups excluding carboxylic acids is 1. The average molecular weight is 325 g/mol. The molecule has 2 aromatic rings. The van der Waals surface area contributed by atoms with Crippen molar-refractivity contribution in [2.45, 2.75) is 45.3 Å². The Morgan fingerprint density at radius 3 is 2.67 bits per heavy atom. The van der Waals surface area contributed by atoms with Gasteiger partial charge >= 0.3 is 5.97 Å². The fourth-order valence-corrected chi connectivity index (χ4v) is 3.26. The molecule has 1 aliphatic heterocycles. The summed E-state index contributed by atoms with van der Waals surface area (Å²) < 4.78 is 1.83. The van der Waals surface area contributed by atoms with Crippen molar-refractivity contribution in [1.82, 2.24) is 14.7 Å². The van der Waals surface area contributed by atoms with Gasteiger partial charge in [0.2, 0.25) is 0 Å². The predicted molar refractivity (Wildman–Crippen MR) is 86.9 cm³/mol. The van der Waals surface area contributed by atoms with E-state index in [1.807, 2.05) is 23.9 Å². The summed E-state index contributed by atoms with van der Waals surface area (Å²) in [5.41, 5.74) is 3.82. The number of hydrogen-bond acceptors (Lipinski definition) is 3. The summed E-state index contributed by atoms with van der Waals surface area (Å²) in [6.07, 6.45) is 4.05. The van der Waals surface area contributed by atoms with Crippen LogP contribution in [-0.4, -0.2) is 31.7 Å². The zero-order valence-corrected chi connectivity index (χ0v) is 13.5. The minimum absolute atomic E-state index is 0.00956. The lowest BCUT2D eigenvalue weighted by Gasteiger charge is -2.15. The van der Waals surface area contributed by atoms with E-state index in [9.17, 15) is 9.59 Å². The minimum atomic E-state index is -0.942. The summed E-state index contributed by atoms with van der Waals surface area (Å²) >= 11 is 0. The number of amides is 1. The first-order valence-electron chi connectivity index (χ1n) is 8.28. The van der Waals surface area contributed by atoms with Crippen molar-refractivity contribution in [3.63, 3.8) is 0 Å². The Balaban J connectivity index is 1.60. The number of aryl methyl sites for hydroxylation is 1. The molecule has 1 saturated carbocycles. The smallest absolute Gasteiger partial charge is 0.335 e. The van der Waals surface area contributed by atoms with E-state index >= 15 is 0 Å². The lowest BCUT2D eigenvalue weighted by molar-refractivity contribution is 0.0696. The Morgan fingerprint density at radius 2 is 2.00 bits per heavy atom. The van der Waals surface area contributed by atoms with Crippen molar-refractivity contribution in [2.24, 2.45) is 0 Å². The molecule has 0 unspecified atom stereocenters. The van der Waals surface area contributed by atoms with Crippen LogP contribution in [0.4, 0.5) is 0 Å². The maximum absolute atomic E-state index is 13.0. The van der Waals surface area contributed by atoms with E-state index in [-0.39, 0.29) is 11.5 Å². The van der Waals surface area contributed by atoms with Gasteiger partial charge in [0.05, 0.1) is 16.8 Å². The zero-order valence-electron chi connectivity index (χ0n) is 13.5. The summed E-state index contributed by atoms with van der Waals surface area (Å²) in [6, 6.07) is 5.07. The molecule has 124 valence electrons. The van der Waals surface area contributed by atoms with Gasteiger partial charge in [-0.1, -0.05) is 6.07 Å². The van der Waals surface area contributed by atoms with Crippen molar-refractivity contribution in [2.75, 3.05) is 0 Å². The molecule has 0 radical (unpaired) electrons. The maximum atomic E-state index is 13.0. The van der Waals surface area contributed by atoms with Gasteiger partial charge in [-0.05, 0) is 43.0 Å². The molecule has 0 atom stereocenters. The SMILES string of the molecule is CCn1cc(C(=O)N2Cc3ccc(C(=O)O)cc3C2)c(C2CC2)n1. The molecule has 6 nitrogen and oxygen atoms in total. The number of aromatic carboxylic acids is 1. The summed E-state index contributed by atoms with van der Waals surface area (Å²) in [5, 5.41) is 13.7. The van der Waals surface area contributed by atoms with Crippen LogP contribution in [0, 0.1) is 0 Å². The van der Waals surface area contributed by atoms with Crippen molar-refractivity contribution >= 4 is 11.9 Å². The molecule has 4 rings (SSSR count). The number of aromatic nitrogens is 2. The third-order valence-corrected chi connectivity index (χ3v) is 4.77. The van der Waals surface area contributed by atoms with Crippen LogP contribution in [0.15, 0.2) is 24.4 Å². The first-order chi connectivity index (χ1) is 11.6. The number of nitrogens with zero attached hydrogens (tertiary/aromatic N) is 3. The van der Waals surface area contributed by atoms with Crippen LogP contribution in [0.1, 0.15) is 63.2 Å². The molecular formula is C18H19N3O3. The van der Waals surface area contributed by atoms with Gasteiger partial charge in [0, 0.05) is 31.7 Å². The molecule has 2 heterocycles. The van der Waals surface area contributed by atoms with Gasteiger partial charge in [-0.3, -0.25) is 9.48 Å². The van der Waals surface area contributed by atoms with Crippen molar-refractivity contribution in [3.05, 3.63) is 52.3 Å². The Hall–Kier alpha value is -2.63. The van der Waals surface area contributed by atoms with Crippen LogP contribution in [0.25, 0.3) is 0 Å². The van der Waals surface area contributed by atoms with Crippen LogP contribution in [0.2, 0.25) is 0 Å². The second-order valence-electron chi connectivity index (χ2n) is 6.51. The van der Waals surface area contributed by atoms with Crippen LogP contribution >= 0.6 is 0 Å². The maximum Gasteiger partial charge on any atom is 0.335 e. The highest BCUT2D eigenvalue weighted by Crippen LogP contribution is 2.41. The molecule has 1 fully saturated rings. The van der Waals surface area contributed by atoms with Gasteiger partial charge in [0.15, 0.2) is 0 Å². The van der Waals surface area contributed by atoms with E-state index in [0.29, 0.717) is 24.6 Å². The molecule has 1 amide bonds. The van der Waals surface area contributed by atoms with Gasteiger partial charge in [-0.2, -0.15) is 5.10 Å². The molecule has 0 spiro atoms. The van der Waals surface area contributed by atoms with Crippen LogP contribution in [-0.2, 0) is 19.6 Å². The molecular weight excluding hydrogens is 306 g/mol. The fourth-order valence-electron chi connectivity index (χ4n) is 3.26. The van der Waals surface area contributed by atoms with E-state index in [4.69, 9.17) is 5.11 Å². The van der Waals surface area contributed by atoms with Crippen molar-refractivity contribution < 1.29 is 14.7 Å². The predicted octanol–water partition coefficient (Wildman–Crippen LogP) is 2.63. The molecule has 24 heavy (non-hydrogen) atoms. The van der Waals surface area contributed by atoms with E-state index in [1.54, 1.807) is 17.0 Å². The Kier molecular flexibility index (Phi) is 3.40. The average Bonchev–Trinajstić information content (AvgIpc) is 3.19. The minimum Gasteiger partial charge on any atom is -0.478 e. The van der Waals surface area contributed by atoms with E-state index < -0.39 is 5.97 Å². The summed E-state index contributed by atoms with van der Waals surface area (Å²) in [4.78, 5) is 25.9. The fraction of sp³-hybridized carbons (Fsp3) is 0.389. The number of carboxylic acids is 1. The summed E-state index contributed by atoms with van der Waals surface area (Å²) in [7, 11) is 0. The lowest BCUT2D eigenvalue weighted by atomic mass is 10.1. The number of fused-ring (bicyclic) bond motifs is 1. The molecule has 1 aliphatic carbocycles. The third kappa shape index (κ3) is 2.48.